The fourth-order valence-corrected chi connectivity index (χ4v) is 5.81. The second-order valence-corrected chi connectivity index (χ2v) is 9.37. The van der Waals surface area contributed by atoms with E-state index in [0.29, 0.717) is 38.0 Å². The third-order valence-electron chi connectivity index (χ3n) is 5.69. The first-order valence-corrected chi connectivity index (χ1v) is 11.2. The number of pyridine rings is 1. The Bertz CT molecular complexity index is 1180. The summed E-state index contributed by atoms with van der Waals surface area (Å²) in [5, 5.41) is 5.21. The van der Waals surface area contributed by atoms with E-state index in [-0.39, 0.29) is 16.8 Å². The number of benzene rings is 1. The molecule has 0 radical (unpaired) electrons. The minimum absolute atomic E-state index is 0.0563. The highest BCUT2D eigenvalue weighted by molar-refractivity contribution is 7.89. The molecule has 3 aromatic rings. The highest BCUT2D eigenvalue weighted by atomic mass is 32.2. The van der Waals surface area contributed by atoms with Gasteiger partial charge in [0, 0.05) is 43.8 Å². The zero-order chi connectivity index (χ0) is 20.0. The van der Waals surface area contributed by atoms with Crippen molar-refractivity contribution in [3.05, 3.63) is 48.9 Å². The molecule has 9 heteroatoms. The van der Waals surface area contributed by atoms with E-state index in [1.165, 1.54) is 4.31 Å². The zero-order valence-corrected chi connectivity index (χ0v) is 16.6. The van der Waals surface area contributed by atoms with Crippen molar-refractivity contribution in [2.24, 2.45) is 0 Å². The van der Waals surface area contributed by atoms with Gasteiger partial charge in [-0.3, -0.25) is 14.5 Å². The summed E-state index contributed by atoms with van der Waals surface area (Å²) in [4.78, 5) is 18.2. The van der Waals surface area contributed by atoms with Crippen molar-refractivity contribution in [1.82, 2.24) is 19.1 Å². The minimum Gasteiger partial charge on any atom is -0.309 e. The first kappa shape index (κ1) is 18.3. The Labute approximate surface area is 168 Å². The van der Waals surface area contributed by atoms with Crippen molar-refractivity contribution in [3.8, 4) is 0 Å². The number of para-hydroxylation sites is 1. The Kier molecular flexibility index (Phi) is 4.36. The van der Waals surface area contributed by atoms with Crippen LogP contribution in [0.5, 0.6) is 0 Å². The quantitative estimate of drug-likeness (QED) is 0.657. The smallest absolute Gasteiger partial charge is 0.245 e. The Hall–Kier alpha value is -2.78. The highest BCUT2D eigenvalue weighted by Gasteiger charge is 2.35. The number of hydrogen-bond donors (Lipinski definition) is 0. The van der Waals surface area contributed by atoms with Gasteiger partial charge in [0.05, 0.1) is 23.4 Å². The van der Waals surface area contributed by atoms with Crippen LogP contribution in [0.25, 0.3) is 10.9 Å². The van der Waals surface area contributed by atoms with Crippen molar-refractivity contribution >= 4 is 32.5 Å². The molecule has 1 aromatic carbocycles. The van der Waals surface area contributed by atoms with Crippen molar-refractivity contribution in [2.45, 2.75) is 30.2 Å². The van der Waals surface area contributed by atoms with Gasteiger partial charge in [-0.25, -0.2) is 8.42 Å². The topological polar surface area (TPSA) is 88.4 Å². The lowest BCUT2D eigenvalue weighted by atomic mass is 10.2. The fraction of sp³-hybridized carbons (Fsp3) is 0.350. The molecule has 0 N–H and O–H groups in total. The van der Waals surface area contributed by atoms with Gasteiger partial charge in [0.1, 0.15) is 4.90 Å². The lowest BCUT2D eigenvalue weighted by molar-refractivity contribution is -0.117. The van der Waals surface area contributed by atoms with Crippen molar-refractivity contribution < 1.29 is 13.2 Å². The van der Waals surface area contributed by atoms with Crippen LogP contribution in [-0.4, -0.2) is 53.0 Å². The van der Waals surface area contributed by atoms with Crippen LogP contribution in [0.3, 0.4) is 0 Å². The molecule has 5 rings (SSSR count). The monoisotopic (exact) mass is 411 g/mol. The highest BCUT2D eigenvalue weighted by Crippen LogP contribution is 2.31. The van der Waals surface area contributed by atoms with E-state index in [2.05, 4.69) is 10.1 Å². The van der Waals surface area contributed by atoms with E-state index in [0.717, 1.165) is 17.5 Å². The Balaban J connectivity index is 1.39. The maximum absolute atomic E-state index is 13.3. The number of aromatic nitrogens is 3. The summed E-state index contributed by atoms with van der Waals surface area (Å²) >= 11 is 0. The van der Waals surface area contributed by atoms with Gasteiger partial charge in [-0.2, -0.15) is 9.40 Å². The molecule has 8 nitrogen and oxygen atoms in total. The Morgan fingerprint density at radius 2 is 1.97 bits per heavy atom. The molecule has 150 valence electrons. The Morgan fingerprint density at radius 1 is 1.10 bits per heavy atom. The predicted molar refractivity (Wildman–Crippen MR) is 108 cm³/mol. The number of amides is 1. The third-order valence-corrected chi connectivity index (χ3v) is 7.58. The van der Waals surface area contributed by atoms with Gasteiger partial charge < -0.3 is 4.90 Å². The number of carbonyl (C=O) groups excluding carboxylic acids is 1. The molecule has 4 heterocycles. The second kappa shape index (κ2) is 6.93. The van der Waals surface area contributed by atoms with Crippen LogP contribution in [0, 0.1) is 0 Å². The van der Waals surface area contributed by atoms with Crippen molar-refractivity contribution in [2.75, 3.05) is 24.5 Å². The molecular weight excluding hydrogens is 390 g/mol. The molecule has 1 amide bonds. The van der Waals surface area contributed by atoms with Crippen LogP contribution >= 0.6 is 0 Å². The first-order valence-electron chi connectivity index (χ1n) is 9.72. The number of hydrogen-bond acceptors (Lipinski definition) is 5. The first-order chi connectivity index (χ1) is 14.0. The van der Waals surface area contributed by atoms with Crippen molar-refractivity contribution in [3.63, 3.8) is 0 Å². The number of carbonyl (C=O) groups is 1. The molecule has 2 aliphatic heterocycles. The van der Waals surface area contributed by atoms with E-state index >= 15 is 0 Å². The summed E-state index contributed by atoms with van der Waals surface area (Å²) in [6.07, 6.45) is 7.25. The fourth-order valence-electron chi connectivity index (χ4n) is 4.16. The molecule has 1 atom stereocenters. The van der Waals surface area contributed by atoms with Gasteiger partial charge in [0.15, 0.2) is 0 Å². The van der Waals surface area contributed by atoms with Gasteiger partial charge >= 0.3 is 0 Å². The lowest BCUT2D eigenvalue weighted by Gasteiger charge is -2.18. The minimum atomic E-state index is -3.66. The number of anilines is 1. The molecular formula is C20H21N5O3S. The van der Waals surface area contributed by atoms with E-state index in [9.17, 15) is 13.2 Å². The summed E-state index contributed by atoms with van der Waals surface area (Å²) in [5.74, 6) is 0.114. The third kappa shape index (κ3) is 3.10. The van der Waals surface area contributed by atoms with Gasteiger partial charge in [-0.15, -0.1) is 0 Å². The van der Waals surface area contributed by atoms with E-state index in [1.807, 2.05) is 18.3 Å². The standard InChI is InChI=1S/C20H21N5O3S/c26-19-7-3-10-24(19)17-12-22-25(14-17)16-8-11-23(13-16)29(27,28)18-6-1-4-15-5-2-9-21-20(15)18/h1-2,4-6,9,12,14,16H,3,7-8,10-11,13H2. The molecule has 2 saturated heterocycles. The SMILES string of the molecule is O=C1CCCN1c1cnn(C2CCN(S(=O)(=O)c3cccc4cccnc34)C2)c1. The van der Waals surface area contributed by atoms with Crippen molar-refractivity contribution in [1.29, 1.82) is 0 Å². The number of sulfonamides is 1. The molecule has 1 unspecified atom stereocenters. The normalized spacial score (nSPS) is 20.8. The molecule has 2 aromatic heterocycles. The number of rotatable bonds is 4. The summed E-state index contributed by atoms with van der Waals surface area (Å²) in [6, 6.07) is 8.82. The Morgan fingerprint density at radius 3 is 2.79 bits per heavy atom. The summed E-state index contributed by atoms with van der Waals surface area (Å²) in [7, 11) is -3.66. The van der Waals surface area contributed by atoms with Crippen LogP contribution in [-0.2, 0) is 14.8 Å². The summed E-state index contributed by atoms with van der Waals surface area (Å²) < 4.78 is 29.9. The average Bonchev–Trinajstić information content (AvgIpc) is 3.47. The summed E-state index contributed by atoms with van der Waals surface area (Å²) in [5.41, 5.74) is 1.28. The van der Waals surface area contributed by atoms with Gasteiger partial charge in [-0.05, 0) is 25.0 Å². The number of fused-ring (bicyclic) bond motifs is 1. The van der Waals surface area contributed by atoms with Gasteiger partial charge in [0.2, 0.25) is 15.9 Å². The molecule has 2 fully saturated rings. The largest absolute Gasteiger partial charge is 0.309 e. The maximum Gasteiger partial charge on any atom is 0.245 e. The molecule has 2 aliphatic rings. The maximum atomic E-state index is 13.3. The van der Waals surface area contributed by atoms with E-state index < -0.39 is 10.0 Å². The van der Waals surface area contributed by atoms with Crippen LogP contribution in [0.2, 0.25) is 0 Å². The average molecular weight is 411 g/mol. The van der Waals surface area contributed by atoms with Crippen LogP contribution in [0.15, 0.2) is 53.8 Å². The molecule has 0 saturated carbocycles. The molecule has 29 heavy (non-hydrogen) atoms. The van der Waals surface area contributed by atoms with Crippen LogP contribution < -0.4 is 4.90 Å². The molecule has 0 spiro atoms. The van der Waals surface area contributed by atoms with Gasteiger partial charge in [0.25, 0.3) is 0 Å². The molecule has 0 aliphatic carbocycles. The number of nitrogens with zero attached hydrogens (tertiary/aromatic N) is 5. The predicted octanol–water partition coefficient (Wildman–Crippen LogP) is 2.19. The van der Waals surface area contributed by atoms with E-state index in [4.69, 9.17) is 0 Å². The van der Waals surface area contributed by atoms with E-state index in [1.54, 1.807) is 40.2 Å². The lowest BCUT2D eigenvalue weighted by Crippen LogP contribution is -2.29. The van der Waals surface area contributed by atoms with Crippen LogP contribution in [0.4, 0.5) is 5.69 Å². The molecule has 0 bridgehead atoms. The second-order valence-electron chi connectivity index (χ2n) is 7.46. The van der Waals surface area contributed by atoms with Crippen LogP contribution in [0.1, 0.15) is 25.3 Å². The van der Waals surface area contributed by atoms with Gasteiger partial charge in [-0.1, -0.05) is 18.2 Å². The summed E-state index contributed by atoms with van der Waals surface area (Å²) in [6.45, 7) is 1.48. The zero-order valence-electron chi connectivity index (χ0n) is 15.8.